The molecule has 1 fully saturated rings. The molecule has 0 bridgehead atoms. The summed E-state index contributed by atoms with van der Waals surface area (Å²) in [7, 11) is 0. The lowest BCUT2D eigenvalue weighted by Gasteiger charge is -2.22. The maximum atomic E-state index is 12.3. The summed E-state index contributed by atoms with van der Waals surface area (Å²) in [5.74, 6) is 0.339. The predicted octanol–water partition coefficient (Wildman–Crippen LogP) is 2.36. The second kappa shape index (κ2) is 5.29. The minimum Gasteiger partial charge on any atom is -0.508 e. The van der Waals surface area contributed by atoms with Gasteiger partial charge in [0.1, 0.15) is 11.5 Å². The number of hydrogen-bond donors (Lipinski definition) is 2. The highest BCUT2D eigenvalue weighted by Gasteiger charge is 2.27. The number of rotatable bonds is 5. The maximum Gasteiger partial charge on any atom is 0.257 e. The number of aromatic hydroxyl groups is 2. The SMILES string of the molecule is CCCN(CC1CC1)C(=O)c1cc(O)ccc1O. The number of phenols is 2. The zero-order chi connectivity index (χ0) is 13.1. The first kappa shape index (κ1) is 12.7. The van der Waals surface area contributed by atoms with E-state index in [9.17, 15) is 15.0 Å². The second-order valence-corrected chi connectivity index (χ2v) is 4.90. The van der Waals surface area contributed by atoms with Gasteiger partial charge < -0.3 is 15.1 Å². The topological polar surface area (TPSA) is 60.8 Å². The molecule has 1 aromatic carbocycles. The van der Waals surface area contributed by atoms with E-state index in [-0.39, 0.29) is 23.0 Å². The number of hydrogen-bond acceptors (Lipinski definition) is 3. The molecule has 0 atom stereocenters. The lowest BCUT2D eigenvalue weighted by Crippen LogP contribution is -2.33. The molecule has 18 heavy (non-hydrogen) atoms. The van der Waals surface area contributed by atoms with Crippen LogP contribution in [0.3, 0.4) is 0 Å². The van der Waals surface area contributed by atoms with Crippen LogP contribution in [0.2, 0.25) is 0 Å². The molecule has 0 aliphatic heterocycles. The van der Waals surface area contributed by atoms with E-state index in [4.69, 9.17) is 0 Å². The molecule has 1 aliphatic rings. The Bertz CT molecular complexity index is 441. The largest absolute Gasteiger partial charge is 0.508 e. The Hall–Kier alpha value is -1.71. The molecule has 0 unspecified atom stereocenters. The first-order valence-corrected chi connectivity index (χ1v) is 6.43. The highest BCUT2D eigenvalue weighted by atomic mass is 16.3. The molecule has 98 valence electrons. The Kier molecular flexibility index (Phi) is 3.75. The van der Waals surface area contributed by atoms with Crippen LogP contribution in [0.25, 0.3) is 0 Å². The molecule has 4 heteroatoms. The van der Waals surface area contributed by atoms with Gasteiger partial charge in [0.15, 0.2) is 0 Å². The van der Waals surface area contributed by atoms with Crippen LogP contribution in [0.5, 0.6) is 11.5 Å². The summed E-state index contributed by atoms with van der Waals surface area (Å²) in [4.78, 5) is 14.1. The van der Waals surface area contributed by atoms with E-state index < -0.39 is 0 Å². The smallest absolute Gasteiger partial charge is 0.257 e. The van der Waals surface area contributed by atoms with Crippen molar-refractivity contribution in [2.45, 2.75) is 26.2 Å². The fraction of sp³-hybridized carbons (Fsp3) is 0.500. The van der Waals surface area contributed by atoms with Crippen LogP contribution < -0.4 is 0 Å². The summed E-state index contributed by atoms with van der Waals surface area (Å²) in [6.07, 6.45) is 3.25. The Balaban J connectivity index is 2.17. The van der Waals surface area contributed by atoms with Gasteiger partial charge in [-0.3, -0.25) is 4.79 Å². The van der Waals surface area contributed by atoms with Crippen molar-refractivity contribution in [1.29, 1.82) is 0 Å². The first-order valence-electron chi connectivity index (χ1n) is 6.43. The molecule has 0 heterocycles. The number of amides is 1. The summed E-state index contributed by atoms with van der Waals surface area (Å²) >= 11 is 0. The summed E-state index contributed by atoms with van der Waals surface area (Å²) in [5, 5.41) is 19.1. The van der Waals surface area contributed by atoms with Crippen molar-refractivity contribution in [2.75, 3.05) is 13.1 Å². The van der Waals surface area contributed by atoms with Gasteiger partial charge in [-0.2, -0.15) is 0 Å². The summed E-state index contributed by atoms with van der Waals surface area (Å²) in [5.41, 5.74) is 0.184. The molecule has 4 nitrogen and oxygen atoms in total. The van der Waals surface area contributed by atoms with Gasteiger partial charge in [0, 0.05) is 13.1 Å². The predicted molar refractivity (Wildman–Crippen MR) is 68.7 cm³/mol. The van der Waals surface area contributed by atoms with Crippen molar-refractivity contribution >= 4 is 5.91 Å². The number of carbonyl (C=O) groups excluding carboxylic acids is 1. The van der Waals surface area contributed by atoms with E-state index >= 15 is 0 Å². The Morgan fingerprint density at radius 3 is 2.72 bits per heavy atom. The van der Waals surface area contributed by atoms with Gasteiger partial charge in [0.25, 0.3) is 5.91 Å². The van der Waals surface area contributed by atoms with E-state index in [1.165, 1.54) is 31.0 Å². The molecule has 1 aliphatic carbocycles. The highest BCUT2D eigenvalue weighted by Crippen LogP contribution is 2.31. The van der Waals surface area contributed by atoms with Crippen LogP contribution >= 0.6 is 0 Å². The Labute approximate surface area is 107 Å². The summed E-state index contributed by atoms with van der Waals surface area (Å²) in [6.45, 7) is 3.46. The Morgan fingerprint density at radius 1 is 1.39 bits per heavy atom. The molecule has 0 saturated heterocycles. The molecule has 2 N–H and O–H groups in total. The van der Waals surface area contributed by atoms with Crippen molar-refractivity contribution in [2.24, 2.45) is 5.92 Å². The lowest BCUT2D eigenvalue weighted by molar-refractivity contribution is 0.0744. The zero-order valence-electron chi connectivity index (χ0n) is 10.6. The van der Waals surface area contributed by atoms with Crippen molar-refractivity contribution in [3.8, 4) is 11.5 Å². The van der Waals surface area contributed by atoms with Gasteiger partial charge in [-0.25, -0.2) is 0 Å². The molecule has 0 aromatic heterocycles. The fourth-order valence-electron chi connectivity index (χ4n) is 2.02. The minimum absolute atomic E-state index is 0.000907. The van der Waals surface area contributed by atoms with E-state index in [1.807, 2.05) is 6.92 Å². The van der Waals surface area contributed by atoms with E-state index in [2.05, 4.69) is 0 Å². The third kappa shape index (κ3) is 2.94. The first-order chi connectivity index (χ1) is 8.61. The van der Waals surface area contributed by atoms with Gasteiger partial charge in [-0.15, -0.1) is 0 Å². The van der Waals surface area contributed by atoms with Crippen LogP contribution in [0.1, 0.15) is 36.5 Å². The van der Waals surface area contributed by atoms with Crippen LogP contribution in [0, 0.1) is 5.92 Å². The average Bonchev–Trinajstić information content (AvgIpc) is 3.15. The van der Waals surface area contributed by atoms with Crippen LogP contribution in [0.15, 0.2) is 18.2 Å². The Morgan fingerprint density at radius 2 is 2.11 bits per heavy atom. The molecule has 1 aromatic rings. The average molecular weight is 249 g/mol. The van der Waals surface area contributed by atoms with Crippen LogP contribution in [-0.2, 0) is 0 Å². The van der Waals surface area contributed by atoms with Gasteiger partial charge in [-0.05, 0) is 43.4 Å². The number of benzene rings is 1. The summed E-state index contributed by atoms with van der Waals surface area (Å²) in [6, 6.07) is 4.05. The zero-order valence-corrected chi connectivity index (χ0v) is 10.6. The normalized spacial score (nSPS) is 14.5. The molecular formula is C14H19NO3. The molecule has 2 rings (SSSR count). The molecule has 0 spiro atoms. The van der Waals surface area contributed by atoms with E-state index in [0.29, 0.717) is 12.5 Å². The van der Waals surface area contributed by atoms with Crippen LogP contribution in [-0.4, -0.2) is 34.1 Å². The second-order valence-electron chi connectivity index (χ2n) is 4.90. The highest BCUT2D eigenvalue weighted by molar-refractivity contribution is 5.97. The molecular weight excluding hydrogens is 230 g/mol. The summed E-state index contributed by atoms with van der Waals surface area (Å²) < 4.78 is 0. The fourth-order valence-corrected chi connectivity index (χ4v) is 2.02. The minimum atomic E-state index is -0.197. The van der Waals surface area contributed by atoms with E-state index in [1.54, 1.807) is 4.90 Å². The third-order valence-corrected chi connectivity index (χ3v) is 3.17. The molecule has 1 saturated carbocycles. The van der Waals surface area contributed by atoms with Crippen molar-refractivity contribution < 1.29 is 15.0 Å². The van der Waals surface area contributed by atoms with Crippen molar-refractivity contribution in [1.82, 2.24) is 4.90 Å². The molecule has 1 amide bonds. The monoisotopic (exact) mass is 249 g/mol. The van der Waals surface area contributed by atoms with Crippen molar-refractivity contribution in [3.63, 3.8) is 0 Å². The quantitative estimate of drug-likeness (QED) is 0.787. The number of nitrogens with zero attached hydrogens (tertiary/aromatic N) is 1. The van der Waals surface area contributed by atoms with Gasteiger partial charge in [0.2, 0.25) is 0 Å². The third-order valence-electron chi connectivity index (χ3n) is 3.17. The van der Waals surface area contributed by atoms with E-state index in [0.717, 1.165) is 13.0 Å². The van der Waals surface area contributed by atoms with Gasteiger partial charge in [0.05, 0.1) is 5.56 Å². The number of carbonyl (C=O) groups is 1. The molecule has 0 radical (unpaired) electrons. The lowest BCUT2D eigenvalue weighted by atomic mass is 10.1. The van der Waals surface area contributed by atoms with Crippen molar-refractivity contribution in [3.05, 3.63) is 23.8 Å². The van der Waals surface area contributed by atoms with Gasteiger partial charge in [-0.1, -0.05) is 6.92 Å². The van der Waals surface area contributed by atoms with Gasteiger partial charge >= 0.3 is 0 Å². The standard InChI is InChI=1S/C14H19NO3/c1-2-7-15(9-10-3-4-10)14(18)12-8-11(16)5-6-13(12)17/h5-6,8,10,16-17H,2-4,7,9H2,1H3. The van der Waals surface area contributed by atoms with Crippen LogP contribution in [0.4, 0.5) is 0 Å². The number of phenolic OH excluding ortho intramolecular Hbond substituents is 2. The maximum absolute atomic E-state index is 12.3.